The van der Waals surface area contributed by atoms with Crippen LogP contribution in [-0.4, -0.2) is 23.7 Å². The first-order chi connectivity index (χ1) is 7.90. The summed E-state index contributed by atoms with van der Waals surface area (Å²) in [7, 11) is 0. The van der Waals surface area contributed by atoms with Crippen LogP contribution in [0.1, 0.15) is 11.1 Å². The number of anilines is 1. The van der Waals surface area contributed by atoms with Crippen molar-refractivity contribution in [2.24, 2.45) is 0 Å². The van der Waals surface area contributed by atoms with Crippen LogP contribution in [0.15, 0.2) is 16.6 Å². The Morgan fingerprint density at radius 2 is 1.82 bits per heavy atom. The number of benzene rings is 1. The molecule has 1 aromatic carbocycles. The molecule has 0 aliphatic carbocycles. The van der Waals surface area contributed by atoms with E-state index in [-0.39, 0.29) is 0 Å². The smallest absolute Gasteiger partial charge is 0.323 e. The third-order valence-electron chi connectivity index (χ3n) is 2.14. The molecule has 0 unspecified atom stereocenters. The van der Waals surface area contributed by atoms with Crippen molar-refractivity contribution in [1.29, 1.82) is 0 Å². The van der Waals surface area contributed by atoms with Gasteiger partial charge in [-0.25, -0.2) is 4.79 Å². The number of halogens is 1. The number of carboxylic acids is 1. The molecular formula is C11H13BrN2O3. The standard InChI is InChI=1S/C11H13BrN2O3/c1-6-3-8(12)4-7(2)10(6)14-11(17)13-5-9(15)16/h3-4H,5H2,1-2H3,(H,15,16)(H2,13,14,17). The van der Waals surface area contributed by atoms with Crippen LogP contribution in [-0.2, 0) is 4.79 Å². The molecule has 0 aromatic heterocycles. The van der Waals surface area contributed by atoms with Crippen LogP contribution in [0, 0.1) is 13.8 Å². The number of aryl methyl sites for hydroxylation is 2. The van der Waals surface area contributed by atoms with Crippen molar-refractivity contribution >= 4 is 33.6 Å². The van der Waals surface area contributed by atoms with Gasteiger partial charge in [-0.1, -0.05) is 15.9 Å². The summed E-state index contributed by atoms with van der Waals surface area (Å²) in [4.78, 5) is 21.7. The third-order valence-corrected chi connectivity index (χ3v) is 2.59. The molecule has 0 saturated carbocycles. The maximum absolute atomic E-state index is 11.4. The lowest BCUT2D eigenvalue weighted by Gasteiger charge is -2.12. The molecule has 0 spiro atoms. The monoisotopic (exact) mass is 300 g/mol. The minimum Gasteiger partial charge on any atom is -0.480 e. The summed E-state index contributed by atoms with van der Waals surface area (Å²) in [5.41, 5.74) is 2.50. The van der Waals surface area contributed by atoms with Gasteiger partial charge in [0.25, 0.3) is 0 Å². The number of nitrogens with one attached hydrogen (secondary N) is 2. The summed E-state index contributed by atoms with van der Waals surface area (Å²) in [6.45, 7) is 3.33. The number of urea groups is 1. The van der Waals surface area contributed by atoms with Gasteiger partial charge >= 0.3 is 12.0 Å². The van der Waals surface area contributed by atoms with Crippen molar-refractivity contribution in [1.82, 2.24) is 5.32 Å². The minimum absolute atomic E-state index is 0.402. The Hall–Kier alpha value is -1.56. The van der Waals surface area contributed by atoms with Crippen LogP contribution in [0.3, 0.4) is 0 Å². The van der Waals surface area contributed by atoms with Gasteiger partial charge in [0.15, 0.2) is 0 Å². The molecule has 1 rings (SSSR count). The van der Waals surface area contributed by atoms with Gasteiger partial charge in [-0.2, -0.15) is 0 Å². The lowest BCUT2D eigenvalue weighted by Crippen LogP contribution is -2.33. The molecule has 0 radical (unpaired) electrons. The second-order valence-electron chi connectivity index (χ2n) is 3.62. The third kappa shape index (κ3) is 4.07. The molecule has 0 heterocycles. The number of carboxylic acid groups (broad SMARTS) is 1. The quantitative estimate of drug-likeness (QED) is 0.801. The normalized spacial score (nSPS) is 9.82. The molecule has 0 aliphatic rings. The van der Waals surface area contributed by atoms with Crippen LogP contribution < -0.4 is 10.6 Å². The average Bonchev–Trinajstić information content (AvgIpc) is 2.20. The molecule has 17 heavy (non-hydrogen) atoms. The van der Waals surface area contributed by atoms with E-state index in [2.05, 4.69) is 26.6 Å². The number of hydrogen-bond donors (Lipinski definition) is 3. The molecule has 92 valence electrons. The Balaban J connectivity index is 2.75. The summed E-state index contributed by atoms with van der Waals surface area (Å²) >= 11 is 3.36. The van der Waals surface area contributed by atoms with Crippen molar-refractivity contribution in [2.75, 3.05) is 11.9 Å². The topological polar surface area (TPSA) is 78.4 Å². The van der Waals surface area contributed by atoms with Gasteiger partial charge in [0.05, 0.1) is 0 Å². The zero-order valence-corrected chi connectivity index (χ0v) is 11.1. The van der Waals surface area contributed by atoms with E-state index in [0.29, 0.717) is 5.69 Å². The molecule has 2 amide bonds. The highest BCUT2D eigenvalue weighted by Gasteiger charge is 2.08. The predicted molar refractivity (Wildman–Crippen MR) is 68.3 cm³/mol. The number of hydrogen-bond acceptors (Lipinski definition) is 2. The highest BCUT2D eigenvalue weighted by Crippen LogP contribution is 2.24. The first kappa shape index (κ1) is 13.5. The first-order valence-corrected chi connectivity index (χ1v) is 5.73. The lowest BCUT2D eigenvalue weighted by molar-refractivity contribution is -0.135. The fourth-order valence-corrected chi connectivity index (χ4v) is 2.11. The molecule has 0 bridgehead atoms. The minimum atomic E-state index is -1.08. The van der Waals surface area contributed by atoms with Crippen molar-refractivity contribution in [3.05, 3.63) is 27.7 Å². The van der Waals surface area contributed by atoms with E-state index >= 15 is 0 Å². The molecule has 1 aromatic rings. The summed E-state index contributed by atoms with van der Waals surface area (Å²) in [5, 5.41) is 13.3. The second kappa shape index (κ2) is 5.67. The molecule has 6 heteroatoms. The van der Waals surface area contributed by atoms with Crippen LogP contribution >= 0.6 is 15.9 Å². The molecule has 0 saturated heterocycles. The van der Waals surface area contributed by atoms with Gasteiger partial charge in [0, 0.05) is 10.2 Å². The molecule has 0 atom stereocenters. The second-order valence-corrected chi connectivity index (χ2v) is 4.53. The Morgan fingerprint density at radius 3 is 2.29 bits per heavy atom. The number of carbonyl (C=O) groups excluding carboxylic acids is 1. The van der Waals surface area contributed by atoms with Gasteiger partial charge in [-0.15, -0.1) is 0 Å². The Labute approximate surface area is 107 Å². The van der Waals surface area contributed by atoms with Crippen LogP contribution in [0.4, 0.5) is 10.5 Å². The molecular weight excluding hydrogens is 288 g/mol. The molecule has 0 fully saturated rings. The van der Waals surface area contributed by atoms with E-state index in [0.717, 1.165) is 15.6 Å². The fourth-order valence-electron chi connectivity index (χ4n) is 1.42. The zero-order valence-electron chi connectivity index (χ0n) is 9.50. The molecule has 5 nitrogen and oxygen atoms in total. The average molecular weight is 301 g/mol. The number of amides is 2. The van der Waals surface area contributed by atoms with Gasteiger partial charge in [0.2, 0.25) is 0 Å². The van der Waals surface area contributed by atoms with Crippen molar-refractivity contribution in [2.45, 2.75) is 13.8 Å². The Morgan fingerprint density at radius 1 is 1.29 bits per heavy atom. The highest BCUT2D eigenvalue weighted by atomic mass is 79.9. The van der Waals surface area contributed by atoms with Gasteiger partial charge in [-0.3, -0.25) is 4.79 Å². The maximum atomic E-state index is 11.4. The fraction of sp³-hybridized carbons (Fsp3) is 0.273. The Bertz CT molecular complexity index is 437. The molecule has 3 N–H and O–H groups in total. The van der Waals surface area contributed by atoms with Crippen LogP contribution in [0.2, 0.25) is 0 Å². The van der Waals surface area contributed by atoms with E-state index in [9.17, 15) is 9.59 Å². The number of carbonyl (C=O) groups is 2. The first-order valence-electron chi connectivity index (χ1n) is 4.93. The van der Waals surface area contributed by atoms with E-state index in [4.69, 9.17) is 5.11 Å². The van der Waals surface area contributed by atoms with Crippen LogP contribution in [0.5, 0.6) is 0 Å². The van der Waals surface area contributed by atoms with E-state index < -0.39 is 18.5 Å². The van der Waals surface area contributed by atoms with Crippen LogP contribution in [0.25, 0.3) is 0 Å². The van der Waals surface area contributed by atoms with Crippen molar-refractivity contribution < 1.29 is 14.7 Å². The molecule has 0 aliphatic heterocycles. The lowest BCUT2D eigenvalue weighted by atomic mass is 10.1. The Kier molecular flexibility index (Phi) is 4.51. The number of aliphatic carboxylic acids is 1. The summed E-state index contributed by atoms with van der Waals surface area (Å²) < 4.78 is 0.934. The highest BCUT2D eigenvalue weighted by molar-refractivity contribution is 9.10. The summed E-state index contributed by atoms with van der Waals surface area (Å²) in [5.74, 6) is -1.08. The predicted octanol–water partition coefficient (Wildman–Crippen LogP) is 2.27. The largest absolute Gasteiger partial charge is 0.480 e. The van der Waals surface area contributed by atoms with E-state index in [1.54, 1.807) is 0 Å². The van der Waals surface area contributed by atoms with Crippen molar-refractivity contribution in [3.63, 3.8) is 0 Å². The maximum Gasteiger partial charge on any atom is 0.323 e. The van der Waals surface area contributed by atoms with E-state index in [1.807, 2.05) is 26.0 Å². The van der Waals surface area contributed by atoms with Gasteiger partial charge < -0.3 is 15.7 Å². The summed E-state index contributed by atoms with van der Waals surface area (Å²) in [6, 6.07) is 3.22. The van der Waals surface area contributed by atoms with E-state index in [1.165, 1.54) is 0 Å². The number of rotatable bonds is 3. The zero-order chi connectivity index (χ0) is 13.0. The summed E-state index contributed by atoms with van der Waals surface area (Å²) in [6.07, 6.45) is 0. The van der Waals surface area contributed by atoms with Gasteiger partial charge in [0.1, 0.15) is 6.54 Å². The van der Waals surface area contributed by atoms with Crippen molar-refractivity contribution in [3.8, 4) is 0 Å². The van der Waals surface area contributed by atoms with Gasteiger partial charge in [-0.05, 0) is 37.1 Å². The SMILES string of the molecule is Cc1cc(Br)cc(C)c1NC(=O)NCC(=O)O.